The van der Waals surface area contributed by atoms with E-state index in [0.717, 1.165) is 6.42 Å². The molecule has 0 spiro atoms. The first-order valence-corrected chi connectivity index (χ1v) is 5.29. The van der Waals surface area contributed by atoms with Crippen molar-refractivity contribution in [2.24, 2.45) is 5.73 Å². The van der Waals surface area contributed by atoms with Crippen molar-refractivity contribution in [1.29, 1.82) is 0 Å². The van der Waals surface area contributed by atoms with Gasteiger partial charge in [-0.2, -0.15) is 0 Å². The highest BCUT2D eigenvalue weighted by Crippen LogP contribution is 2.38. The zero-order chi connectivity index (χ0) is 10.3. The third kappa shape index (κ3) is 1.20. The molecule has 2 aromatic carbocycles. The van der Waals surface area contributed by atoms with Crippen LogP contribution in [0.5, 0.6) is 0 Å². The fourth-order valence-electron chi connectivity index (χ4n) is 2.44. The van der Waals surface area contributed by atoms with Crippen molar-refractivity contribution in [3.63, 3.8) is 0 Å². The molecule has 2 N–H and O–H groups in total. The summed E-state index contributed by atoms with van der Waals surface area (Å²) >= 11 is 0. The highest BCUT2D eigenvalue weighted by Gasteiger charge is 2.19. The van der Waals surface area contributed by atoms with E-state index < -0.39 is 0 Å². The molecule has 0 saturated heterocycles. The zero-order valence-electron chi connectivity index (χ0n) is 8.53. The SMILES string of the molecule is NCc1cccc2c1-c1ccccc1C2. The Labute approximate surface area is 89.6 Å². The molecular formula is C14H13N. The van der Waals surface area contributed by atoms with Crippen LogP contribution in [-0.2, 0) is 13.0 Å². The number of hydrogen-bond acceptors (Lipinski definition) is 1. The van der Waals surface area contributed by atoms with Gasteiger partial charge in [0.1, 0.15) is 0 Å². The predicted molar refractivity (Wildman–Crippen MR) is 62.6 cm³/mol. The maximum absolute atomic E-state index is 5.78. The number of rotatable bonds is 1. The lowest BCUT2D eigenvalue weighted by atomic mass is 10.00. The normalized spacial score (nSPS) is 12.3. The summed E-state index contributed by atoms with van der Waals surface area (Å²) < 4.78 is 0. The summed E-state index contributed by atoms with van der Waals surface area (Å²) in [5.41, 5.74) is 12.6. The van der Waals surface area contributed by atoms with Crippen LogP contribution in [0.2, 0.25) is 0 Å². The average Bonchev–Trinajstić information content (AvgIpc) is 2.67. The maximum atomic E-state index is 5.78. The van der Waals surface area contributed by atoms with Crippen molar-refractivity contribution in [1.82, 2.24) is 0 Å². The van der Waals surface area contributed by atoms with Crippen LogP contribution < -0.4 is 5.73 Å². The van der Waals surface area contributed by atoms with Crippen molar-refractivity contribution < 1.29 is 0 Å². The highest BCUT2D eigenvalue weighted by atomic mass is 14.5. The molecule has 1 heteroatoms. The number of hydrogen-bond donors (Lipinski definition) is 1. The van der Waals surface area contributed by atoms with Crippen molar-refractivity contribution in [3.05, 3.63) is 59.2 Å². The molecule has 0 fully saturated rings. The molecule has 0 unspecified atom stereocenters. The van der Waals surface area contributed by atoms with Crippen LogP contribution in [0.15, 0.2) is 42.5 Å². The Bertz CT molecular complexity index is 514. The van der Waals surface area contributed by atoms with Crippen LogP contribution in [0.4, 0.5) is 0 Å². The molecule has 1 nitrogen and oxygen atoms in total. The lowest BCUT2D eigenvalue weighted by molar-refractivity contribution is 1.07. The standard InChI is InChI=1S/C14H13N/c15-9-12-6-3-5-11-8-10-4-1-2-7-13(10)14(11)12/h1-7H,8-9,15H2. The molecule has 0 saturated carbocycles. The summed E-state index contributed by atoms with van der Waals surface area (Å²) in [7, 11) is 0. The minimum atomic E-state index is 0.623. The fourth-order valence-corrected chi connectivity index (χ4v) is 2.44. The van der Waals surface area contributed by atoms with Gasteiger partial charge in [0.15, 0.2) is 0 Å². The highest BCUT2D eigenvalue weighted by molar-refractivity contribution is 5.79. The lowest BCUT2D eigenvalue weighted by Gasteiger charge is -2.06. The molecule has 0 amide bonds. The smallest absolute Gasteiger partial charge is 0.0184 e. The fraction of sp³-hybridized carbons (Fsp3) is 0.143. The van der Waals surface area contributed by atoms with E-state index in [1.54, 1.807) is 0 Å². The number of nitrogens with two attached hydrogens (primary N) is 1. The van der Waals surface area contributed by atoms with E-state index >= 15 is 0 Å². The van der Waals surface area contributed by atoms with E-state index in [1.807, 2.05) is 0 Å². The van der Waals surface area contributed by atoms with Gasteiger partial charge in [0, 0.05) is 6.54 Å². The monoisotopic (exact) mass is 195 g/mol. The second-order valence-corrected chi connectivity index (χ2v) is 3.99. The molecule has 2 aromatic rings. The summed E-state index contributed by atoms with van der Waals surface area (Å²) in [4.78, 5) is 0. The molecule has 74 valence electrons. The van der Waals surface area contributed by atoms with Gasteiger partial charge < -0.3 is 5.73 Å². The van der Waals surface area contributed by atoms with E-state index in [2.05, 4.69) is 42.5 Å². The molecule has 0 aromatic heterocycles. The van der Waals surface area contributed by atoms with Gasteiger partial charge in [-0.1, -0.05) is 42.5 Å². The molecule has 0 atom stereocenters. The number of benzene rings is 2. The van der Waals surface area contributed by atoms with Crippen molar-refractivity contribution in [2.75, 3.05) is 0 Å². The third-order valence-electron chi connectivity index (χ3n) is 3.12. The van der Waals surface area contributed by atoms with Gasteiger partial charge in [-0.15, -0.1) is 0 Å². The molecule has 1 aliphatic rings. The largest absolute Gasteiger partial charge is 0.326 e. The van der Waals surface area contributed by atoms with E-state index in [-0.39, 0.29) is 0 Å². The van der Waals surface area contributed by atoms with Gasteiger partial charge >= 0.3 is 0 Å². The Hall–Kier alpha value is -1.60. The van der Waals surface area contributed by atoms with Crippen LogP contribution in [0.3, 0.4) is 0 Å². The summed E-state index contributed by atoms with van der Waals surface area (Å²) in [6.07, 6.45) is 1.05. The van der Waals surface area contributed by atoms with Crippen LogP contribution >= 0.6 is 0 Å². The Morgan fingerprint density at radius 1 is 0.933 bits per heavy atom. The van der Waals surface area contributed by atoms with Crippen molar-refractivity contribution >= 4 is 0 Å². The van der Waals surface area contributed by atoms with Crippen LogP contribution in [0, 0.1) is 0 Å². The summed E-state index contributed by atoms with van der Waals surface area (Å²) in [5, 5.41) is 0. The Morgan fingerprint density at radius 3 is 2.60 bits per heavy atom. The average molecular weight is 195 g/mol. The minimum absolute atomic E-state index is 0.623. The first kappa shape index (κ1) is 8.69. The summed E-state index contributed by atoms with van der Waals surface area (Å²) in [6, 6.07) is 15.0. The molecule has 0 heterocycles. The van der Waals surface area contributed by atoms with E-state index in [0.29, 0.717) is 6.54 Å². The van der Waals surface area contributed by atoms with Crippen molar-refractivity contribution in [2.45, 2.75) is 13.0 Å². The van der Waals surface area contributed by atoms with Gasteiger partial charge in [-0.25, -0.2) is 0 Å². The lowest BCUT2D eigenvalue weighted by Crippen LogP contribution is -1.98. The van der Waals surface area contributed by atoms with Gasteiger partial charge in [-0.05, 0) is 34.2 Å². The quantitative estimate of drug-likeness (QED) is 0.634. The summed E-state index contributed by atoms with van der Waals surface area (Å²) in [6.45, 7) is 0.623. The van der Waals surface area contributed by atoms with Crippen LogP contribution in [-0.4, -0.2) is 0 Å². The first-order chi connectivity index (χ1) is 7.40. The van der Waals surface area contributed by atoms with E-state index in [4.69, 9.17) is 5.73 Å². The van der Waals surface area contributed by atoms with Crippen LogP contribution in [0.25, 0.3) is 11.1 Å². The molecular weight excluding hydrogens is 182 g/mol. The molecule has 0 radical (unpaired) electrons. The first-order valence-electron chi connectivity index (χ1n) is 5.29. The zero-order valence-corrected chi connectivity index (χ0v) is 8.53. The second-order valence-electron chi connectivity index (χ2n) is 3.99. The second kappa shape index (κ2) is 3.21. The van der Waals surface area contributed by atoms with Crippen molar-refractivity contribution in [3.8, 4) is 11.1 Å². The minimum Gasteiger partial charge on any atom is -0.326 e. The molecule has 3 rings (SSSR count). The Kier molecular flexibility index (Phi) is 1.86. The van der Waals surface area contributed by atoms with Gasteiger partial charge in [0.25, 0.3) is 0 Å². The third-order valence-corrected chi connectivity index (χ3v) is 3.12. The summed E-state index contributed by atoms with van der Waals surface area (Å²) in [5.74, 6) is 0. The van der Waals surface area contributed by atoms with Crippen LogP contribution in [0.1, 0.15) is 16.7 Å². The molecule has 1 aliphatic carbocycles. The topological polar surface area (TPSA) is 26.0 Å². The van der Waals surface area contributed by atoms with Gasteiger partial charge in [0.05, 0.1) is 0 Å². The number of fused-ring (bicyclic) bond motifs is 3. The maximum Gasteiger partial charge on any atom is 0.0184 e. The predicted octanol–water partition coefficient (Wildman–Crippen LogP) is 2.72. The van der Waals surface area contributed by atoms with Gasteiger partial charge in [-0.3, -0.25) is 0 Å². The van der Waals surface area contributed by atoms with E-state index in [1.165, 1.54) is 27.8 Å². The Balaban J connectivity index is 2.30. The molecule has 0 aliphatic heterocycles. The molecule has 0 bridgehead atoms. The molecule has 15 heavy (non-hydrogen) atoms. The van der Waals surface area contributed by atoms with E-state index in [9.17, 15) is 0 Å². The van der Waals surface area contributed by atoms with Gasteiger partial charge in [0.2, 0.25) is 0 Å². The Morgan fingerprint density at radius 2 is 1.73 bits per heavy atom.